The standard InChI is InChI=1S/C13H14F2N4O/c14-11(15)13-18-17-12(20-13)9-4-5-10(16-8-9)19-6-2-1-3-7-19/h4-5,8,11H,1-3,6-7H2. The molecule has 7 heteroatoms. The minimum absolute atomic E-state index is 0.0676. The minimum Gasteiger partial charge on any atom is -0.415 e. The number of piperidine rings is 1. The zero-order valence-electron chi connectivity index (χ0n) is 10.8. The fraction of sp³-hybridized carbons (Fsp3) is 0.462. The Morgan fingerprint density at radius 3 is 2.50 bits per heavy atom. The van der Waals surface area contributed by atoms with Crippen LogP contribution in [0.4, 0.5) is 14.6 Å². The van der Waals surface area contributed by atoms with E-state index in [0.717, 1.165) is 18.9 Å². The summed E-state index contributed by atoms with van der Waals surface area (Å²) in [6.07, 6.45) is 2.42. The van der Waals surface area contributed by atoms with Gasteiger partial charge in [0.1, 0.15) is 5.82 Å². The molecule has 0 atom stereocenters. The van der Waals surface area contributed by atoms with Crippen LogP contribution in [-0.2, 0) is 0 Å². The van der Waals surface area contributed by atoms with Crippen LogP contribution in [0.25, 0.3) is 11.5 Å². The minimum atomic E-state index is -2.75. The average molecular weight is 280 g/mol. The molecule has 0 saturated carbocycles. The fourth-order valence-electron chi connectivity index (χ4n) is 2.26. The third-order valence-corrected chi connectivity index (χ3v) is 3.30. The van der Waals surface area contributed by atoms with E-state index in [4.69, 9.17) is 4.42 Å². The number of aromatic nitrogens is 3. The van der Waals surface area contributed by atoms with Gasteiger partial charge in [0.15, 0.2) is 0 Å². The number of nitrogens with zero attached hydrogens (tertiary/aromatic N) is 4. The Kier molecular flexibility index (Phi) is 3.58. The summed E-state index contributed by atoms with van der Waals surface area (Å²) in [4.78, 5) is 6.56. The molecule has 1 fully saturated rings. The number of halogens is 2. The smallest absolute Gasteiger partial charge is 0.314 e. The second-order valence-corrected chi connectivity index (χ2v) is 4.70. The monoisotopic (exact) mass is 280 g/mol. The van der Waals surface area contributed by atoms with Gasteiger partial charge in [-0.3, -0.25) is 0 Å². The summed E-state index contributed by atoms with van der Waals surface area (Å²) in [5.74, 6) is 0.292. The second-order valence-electron chi connectivity index (χ2n) is 4.70. The van der Waals surface area contributed by atoms with Gasteiger partial charge in [-0.25, -0.2) is 4.98 Å². The molecule has 0 radical (unpaired) electrons. The summed E-state index contributed by atoms with van der Waals surface area (Å²) < 4.78 is 29.7. The molecule has 0 amide bonds. The van der Waals surface area contributed by atoms with Gasteiger partial charge in [0.2, 0.25) is 5.89 Å². The van der Waals surface area contributed by atoms with E-state index in [9.17, 15) is 8.78 Å². The van der Waals surface area contributed by atoms with E-state index < -0.39 is 12.3 Å². The van der Waals surface area contributed by atoms with Crippen molar-refractivity contribution in [3.8, 4) is 11.5 Å². The Labute approximate surface area is 114 Å². The van der Waals surface area contributed by atoms with Gasteiger partial charge in [0, 0.05) is 19.3 Å². The van der Waals surface area contributed by atoms with Gasteiger partial charge in [-0.1, -0.05) is 0 Å². The van der Waals surface area contributed by atoms with Gasteiger partial charge in [0.25, 0.3) is 5.89 Å². The summed E-state index contributed by atoms with van der Waals surface area (Å²) >= 11 is 0. The summed E-state index contributed by atoms with van der Waals surface area (Å²) in [6, 6.07) is 3.62. The molecular weight excluding hydrogens is 266 g/mol. The van der Waals surface area contributed by atoms with Crippen molar-refractivity contribution in [2.24, 2.45) is 0 Å². The summed E-state index contributed by atoms with van der Waals surface area (Å²) in [6.45, 7) is 2.00. The molecule has 3 heterocycles. The van der Waals surface area contributed by atoms with Gasteiger partial charge >= 0.3 is 6.43 Å². The van der Waals surface area contributed by atoms with Crippen LogP contribution in [0.2, 0.25) is 0 Å². The normalized spacial score (nSPS) is 15.8. The molecule has 20 heavy (non-hydrogen) atoms. The van der Waals surface area contributed by atoms with E-state index >= 15 is 0 Å². The van der Waals surface area contributed by atoms with E-state index in [-0.39, 0.29) is 5.89 Å². The lowest BCUT2D eigenvalue weighted by Crippen LogP contribution is -2.29. The lowest BCUT2D eigenvalue weighted by molar-refractivity contribution is 0.116. The highest BCUT2D eigenvalue weighted by atomic mass is 19.3. The second kappa shape index (κ2) is 5.52. The summed E-state index contributed by atoms with van der Waals surface area (Å²) in [5, 5.41) is 6.90. The number of alkyl halides is 2. The maximum atomic E-state index is 12.4. The molecule has 2 aromatic rings. The molecule has 0 bridgehead atoms. The molecule has 0 unspecified atom stereocenters. The first-order valence-electron chi connectivity index (χ1n) is 6.57. The van der Waals surface area contributed by atoms with Gasteiger partial charge in [-0.15, -0.1) is 10.2 Å². The van der Waals surface area contributed by atoms with Crippen molar-refractivity contribution >= 4 is 5.82 Å². The SMILES string of the molecule is FC(F)c1nnc(-c2ccc(N3CCCCC3)nc2)o1. The van der Waals surface area contributed by atoms with Crippen LogP contribution in [0.5, 0.6) is 0 Å². The first-order chi connectivity index (χ1) is 9.74. The largest absolute Gasteiger partial charge is 0.415 e. The van der Waals surface area contributed by atoms with Crippen molar-refractivity contribution in [1.29, 1.82) is 0 Å². The quantitative estimate of drug-likeness (QED) is 0.864. The number of hydrogen-bond acceptors (Lipinski definition) is 5. The Hall–Kier alpha value is -2.05. The van der Waals surface area contributed by atoms with E-state index in [0.29, 0.717) is 5.56 Å². The molecule has 1 aliphatic rings. The van der Waals surface area contributed by atoms with Crippen molar-refractivity contribution < 1.29 is 13.2 Å². The van der Waals surface area contributed by atoms with E-state index in [1.54, 1.807) is 12.3 Å². The third kappa shape index (κ3) is 2.61. The molecule has 2 aromatic heterocycles. The van der Waals surface area contributed by atoms with E-state index in [1.807, 2.05) is 6.07 Å². The number of anilines is 1. The zero-order chi connectivity index (χ0) is 13.9. The van der Waals surface area contributed by atoms with Crippen LogP contribution in [0.3, 0.4) is 0 Å². The summed E-state index contributed by atoms with van der Waals surface area (Å²) in [7, 11) is 0. The first kappa shape index (κ1) is 13.0. The van der Waals surface area contributed by atoms with Crippen LogP contribution >= 0.6 is 0 Å². The highest BCUT2D eigenvalue weighted by molar-refractivity contribution is 5.54. The molecule has 1 aliphatic heterocycles. The predicted molar refractivity (Wildman–Crippen MR) is 68.6 cm³/mol. The van der Waals surface area contributed by atoms with Gasteiger partial charge in [0.05, 0.1) is 5.56 Å². The van der Waals surface area contributed by atoms with Crippen molar-refractivity contribution in [3.63, 3.8) is 0 Å². The van der Waals surface area contributed by atoms with Gasteiger partial charge in [-0.2, -0.15) is 8.78 Å². The van der Waals surface area contributed by atoms with Crippen LogP contribution in [-0.4, -0.2) is 28.3 Å². The highest BCUT2D eigenvalue weighted by Crippen LogP contribution is 2.24. The fourth-order valence-corrected chi connectivity index (χ4v) is 2.26. The van der Waals surface area contributed by atoms with E-state index in [1.165, 1.54) is 19.3 Å². The Morgan fingerprint density at radius 2 is 1.90 bits per heavy atom. The van der Waals surface area contributed by atoms with Crippen molar-refractivity contribution in [3.05, 3.63) is 24.2 Å². The van der Waals surface area contributed by atoms with Crippen LogP contribution < -0.4 is 4.90 Å². The number of hydrogen-bond donors (Lipinski definition) is 0. The van der Waals surface area contributed by atoms with Crippen LogP contribution in [0.1, 0.15) is 31.6 Å². The molecule has 5 nitrogen and oxygen atoms in total. The molecule has 0 N–H and O–H groups in total. The van der Waals surface area contributed by atoms with Crippen molar-refractivity contribution in [2.75, 3.05) is 18.0 Å². The number of rotatable bonds is 3. The van der Waals surface area contributed by atoms with Gasteiger partial charge < -0.3 is 9.32 Å². The maximum absolute atomic E-state index is 12.4. The van der Waals surface area contributed by atoms with E-state index in [2.05, 4.69) is 20.1 Å². The van der Waals surface area contributed by atoms with Crippen LogP contribution in [0, 0.1) is 0 Å². The zero-order valence-corrected chi connectivity index (χ0v) is 10.8. The molecular formula is C13H14F2N4O. The van der Waals surface area contributed by atoms with Crippen LogP contribution in [0.15, 0.2) is 22.7 Å². The number of pyridine rings is 1. The topological polar surface area (TPSA) is 55.1 Å². The Morgan fingerprint density at radius 1 is 1.10 bits per heavy atom. The average Bonchev–Trinajstić information content (AvgIpc) is 2.98. The lowest BCUT2D eigenvalue weighted by Gasteiger charge is -2.27. The van der Waals surface area contributed by atoms with Crippen molar-refractivity contribution in [1.82, 2.24) is 15.2 Å². The molecule has 1 saturated heterocycles. The lowest BCUT2D eigenvalue weighted by atomic mass is 10.1. The molecule has 106 valence electrons. The van der Waals surface area contributed by atoms with Crippen molar-refractivity contribution in [2.45, 2.75) is 25.7 Å². The highest BCUT2D eigenvalue weighted by Gasteiger charge is 2.17. The van der Waals surface area contributed by atoms with Gasteiger partial charge in [-0.05, 0) is 31.4 Å². The molecule has 3 rings (SSSR count). The third-order valence-electron chi connectivity index (χ3n) is 3.30. The summed E-state index contributed by atoms with van der Waals surface area (Å²) in [5.41, 5.74) is 0.546. The molecule has 0 aromatic carbocycles. The molecule has 0 spiro atoms. The maximum Gasteiger partial charge on any atom is 0.314 e. The molecule has 0 aliphatic carbocycles. The predicted octanol–water partition coefficient (Wildman–Crippen LogP) is 3.06. The first-order valence-corrected chi connectivity index (χ1v) is 6.57. The Balaban J connectivity index is 1.77. The Bertz CT molecular complexity index is 564.